The first-order valence-corrected chi connectivity index (χ1v) is 22.3. The number of aromatic nitrogens is 2. The molecule has 280 valence electrons. The highest BCUT2D eigenvalue weighted by molar-refractivity contribution is 7.96. The van der Waals surface area contributed by atoms with Crippen LogP contribution in [0.3, 0.4) is 0 Å². The van der Waals surface area contributed by atoms with Crippen molar-refractivity contribution in [2.24, 2.45) is 0 Å². The van der Waals surface area contributed by atoms with Crippen molar-refractivity contribution in [1.82, 2.24) is 9.97 Å². The molecule has 6 aromatic carbocycles. The Morgan fingerprint density at radius 3 is 1.05 bits per heavy atom. The predicted octanol–water partition coefficient (Wildman–Crippen LogP) is 5.32. The van der Waals surface area contributed by atoms with E-state index in [1.807, 2.05) is 78.6 Å². The summed E-state index contributed by atoms with van der Waals surface area (Å²) in [7, 11) is -2.14. The molecule has 8 rings (SSSR count). The minimum Gasteiger partial charge on any atom is -1.00 e. The quantitative estimate of drug-likeness (QED) is 0.131. The first kappa shape index (κ1) is 40.8. The number of Topliss-reactive ketones (excluding diaryl/α,β-unsaturated/α-hetero) is 2. The number of nitrogens with zero attached hydrogens (tertiary/aromatic N) is 2. The largest absolute Gasteiger partial charge is 1.00 e. The lowest BCUT2D eigenvalue weighted by atomic mass is 10.2. The van der Waals surface area contributed by atoms with E-state index in [1.165, 1.54) is 15.9 Å². The molecule has 0 fully saturated rings. The lowest BCUT2D eigenvalue weighted by Crippen LogP contribution is -3.00. The van der Waals surface area contributed by atoms with E-state index in [9.17, 15) is 9.59 Å². The van der Waals surface area contributed by atoms with Crippen molar-refractivity contribution in [3.8, 4) is 0 Å². The molecule has 7 heteroatoms. The fraction of sp³-hybridized carbons (Fsp3) is 0.0200. The summed E-state index contributed by atoms with van der Waals surface area (Å²) < 4.78 is 0. The van der Waals surface area contributed by atoms with Crippen molar-refractivity contribution in [2.45, 2.75) is 0 Å². The van der Waals surface area contributed by atoms with Gasteiger partial charge in [-0.15, -0.1) is 0 Å². The van der Waals surface area contributed by atoms with E-state index >= 15 is 0 Å². The zero-order chi connectivity index (χ0) is 38.5. The van der Waals surface area contributed by atoms with Gasteiger partial charge in [-0.25, -0.2) is 0 Å². The molecule has 2 aromatic heterocycles. The lowest BCUT2D eigenvalue weighted by Gasteiger charge is -2.28. The Kier molecular flexibility index (Phi) is 14.2. The molecule has 0 radical (unpaired) electrons. The molecule has 0 aliphatic carbocycles. The predicted molar refractivity (Wildman–Crippen MR) is 238 cm³/mol. The normalized spacial score (nSPS) is 10.9. The van der Waals surface area contributed by atoms with E-state index < -0.39 is 14.1 Å². The van der Waals surface area contributed by atoms with Crippen LogP contribution in [-0.2, 0) is 0 Å². The Hall–Kier alpha value is -5.83. The number of halogens is 1. The van der Waals surface area contributed by atoms with Gasteiger partial charge in [-0.3, -0.25) is 19.6 Å². The summed E-state index contributed by atoms with van der Waals surface area (Å²) in [5.74, 6) is 2.11. The number of rotatable bonds is 11. The van der Waals surface area contributed by atoms with Crippen LogP contribution in [0, 0.1) is 0 Å². The monoisotopic (exact) mass is 842 g/mol. The lowest BCUT2D eigenvalue weighted by molar-refractivity contribution is -0.0000253. The molecule has 57 heavy (non-hydrogen) atoms. The summed E-state index contributed by atoms with van der Waals surface area (Å²) in [4.78, 5) is 34.8. The van der Waals surface area contributed by atoms with Gasteiger partial charge in [0.2, 0.25) is 5.78 Å². The molecule has 0 aliphatic rings. The van der Waals surface area contributed by atoms with Crippen LogP contribution < -0.4 is 48.8 Å². The van der Waals surface area contributed by atoms with Crippen molar-refractivity contribution in [2.75, 3.05) is 6.16 Å². The standard InChI is InChI=1S/C25H21NOP.C25H20NOP.BrH/c2*27-25(21-16-18-26-19-17-21)20-28(22-10-4-1-5-11-22,23-12-6-2-7-13-23)24-14-8-3-9-15-24;/h1-19H,20H2;1-20H;1H/q+1;;/p-1. The Bertz CT molecular complexity index is 2310. The summed E-state index contributed by atoms with van der Waals surface area (Å²) >= 11 is 0. The number of pyridine rings is 2. The van der Waals surface area contributed by atoms with Crippen LogP contribution >= 0.6 is 14.1 Å². The maximum absolute atomic E-state index is 13.4. The molecule has 0 bridgehead atoms. The highest BCUT2D eigenvalue weighted by atomic mass is 79.9. The SMILES string of the molecule is O=C(C=P(c1ccccc1)(c1ccccc1)c1ccccc1)c1ccncc1.O=C(C[P+](c1ccccc1)(c1ccccc1)c1ccccc1)c1ccncc1.[Br-]. The molecule has 0 atom stereocenters. The van der Waals surface area contributed by atoms with E-state index in [-0.39, 0.29) is 28.5 Å². The van der Waals surface area contributed by atoms with Gasteiger partial charge in [-0.1, -0.05) is 146 Å². The summed E-state index contributed by atoms with van der Waals surface area (Å²) in [6.07, 6.45) is 7.14. The third-order valence-electron chi connectivity index (χ3n) is 9.74. The average Bonchev–Trinajstić information content (AvgIpc) is 3.30. The molecule has 4 nitrogen and oxygen atoms in total. The van der Waals surface area contributed by atoms with Crippen LogP contribution in [0.4, 0.5) is 0 Å². The Balaban J connectivity index is 0.000000189. The van der Waals surface area contributed by atoms with Crippen LogP contribution in [-0.4, -0.2) is 33.5 Å². The van der Waals surface area contributed by atoms with Gasteiger partial charge in [-0.05, 0) is 89.3 Å². The molecular formula is C50H41BrN2O2P2. The number of carbonyl (C=O) groups is 2. The van der Waals surface area contributed by atoms with Crippen molar-refractivity contribution in [3.63, 3.8) is 0 Å². The fourth-order valence-corrected chi connectivity index (χ4v) is 14.9. The Labute approximate surface area is 346 Å². The summed E-state index contributed by atoms with van der Waals surface area (Å²) in [5.41, 5.74) is 1.37. The van der Waals surface area contributed by atoms with Gasteiger partial charge in [0, 0.05) is 35.9 Å². The van der Waals surface area contributed by atoms with Crippen LogP contribution in [0.15, 0.2) is 231 Å². The van der Waals surface area contributed by atoms with Gasteiger partial charge >= 0.3 is 0 Å². The highest BCUT2D eigenvalue weighted by Gasteiger charge is 2.47. The number of benzene rings is 6. The minimum atomic E-state index is -2.27. The highest BCUT2D eigenvalue weighted by Crippen LogP contribution is 2.55. The molecule has 0 amide bonds. The molecular weight excluding hydrogens is 802 g/mol. The van der Waals surface area contributed by atoms with Crippen LogP contribution in [0.1, 0.15) is 20.7 Å². The van der Waals surface area contributed by atoms with Gasteiger partial charge in [0.05, 0.1) is 0 Å². The van der Waals surface area contributed by atoms with Crippen molar-refractivity contribution >= 4 is 63.3 Å². The smallest absolute Gasteiger partial charge is 0.201 e. The second-order valence-electron chi connectivity index (χ2n) is 13.1. The number of carbonyl (C=O) groups excluding carboxylic acids is 2. The maximum Gasteiger partial charge on any atom is 0.201 e. The van der Waals surface area contributed by atoms with Crippen LogP contribution in [0.25, 0.3) is 0 Å². The van der Waals surface area contributed by atoms with Gasteiger partial charge in [0.25, 0.3) is 0 Å². The van der Waals surface area contributed by atoms with Crippen molar-refractivity contribution in [3.05, 3.63) is 242 Å². The second kappa shape index (κ2) is 19.9. The molecule has 0 unspecified atom stereocenters. The molecule has 0 saturated heterocycles. The molecule has 2 heterocycles. The molecule has 8 aromatic rings. The van der Waals surface area contributed by atoms with E-state index in [4.69, 9.17) is 0 Å². The number of ketones is 2. The van der Waals surface area contributed by atoms with Gasteiger partial charge in [0.15, 0.2) is 5.78 Å². The summed E-state index contributed by atoms with van der Waals surface area (Å²) in [6, 6.07) is 69.6. The zero-order valence-electron chi connectivity index (χ0n) is 31.2. The molecule has 0 spiro atoms. The van der Waals surface area contributed by atoms with Gasteiger partial charge in [-0.2, -0.15) is 0 Å². The van der Waals surface area contributed by atoms with Crippen LogP contribution in [0.5, 0.6) is 0 Å². The van der Waals surface area contributed by atoms with Crippen molar-refractivity contribution < 1.29 is 26.6 Å². The summed E-state index contributed by atoms with van der Waals surface area (Å²) in [5, 5.41) is 7.14. The number of hydrogen-bond donors (Lipinski definition) is 0. The Morgan fingerprint density at radius 1 is 0.421 bits per heavy atom. The Morgan fingerprint density at radius 2 is 0.719 bits per heavy atom. The van der Waals surface area contributed by atoms with E-state index in [2.05, 4.69) is 119 Å². The zero-order valence-corrected chi connectivity index (χ0v) is 34.6. The second-order valence-corrected chi connectivity index (χ2v) is 19.8. The van der Waals surface area contributed by atoms with Crippen LogP contribution in [0.2, 0.25) is 0 Å². The van der Waals surface area contributed by atoms with E-state index in [0.717, 1.165) is 15.9 Å². The minimum absolute atomic E-state index is 0. The third-order valence-corrected chi connectivity index (χ3v) is 18.0. The number of hydrogen-bond acceptors (Lipinski definition) is 4. The summed E-state index contributed by atoms with van der Waals surface area (Å²) in [6.45, 7) is -2.27. The average molecular weight is 844 g/mol. The van der Waals surface area contributed by atoms with E-state index in [0.29, 0.717) is 17.3 Å². The fourth-order valence-electron chi connectivity index (χ4n) is 7.04. The molecule has 0 N–H and O–H groups in total. The third kappa shape index (κ3) is 9.25. The topological polar surface area (TPSA) is 59.9 Å². The molecule has 0 saturated carbocycles. The van der Waals surface area contributed by atoms with E-state index in [1.54, 1.807) is 49.1 Å². The van der Waals surface area contributed by atoms with Gasteiger partial charge in [0.1, 0.15) is 29.3 Å². The molecule has 0 aliphatic heterocycles. The first-order chi connectivity index (χ1) is 27.6. The first-order valence-electron chi connectivity index (χ1n) is 18.5. The van der Waals surface area contributed by atoms with Gasteiger partial charge < -0.3 is 17.0 Å². The maximum atomic E-state index is 13.4. The van der Waals surface area contributed by atoms with Crippen molar-refractivity contribution in [1.29, 1.82) is 0 Å².